The number of anilines is 1. The van der Waals surface area contributed by atoms with Crippen molar-refractivity contribution in [2.75, 3.05) is 12.4 Å². The molecule has 0 saturated heterocycles. The minimum atomic E-state index is 0.811. The van der Waals surface area contributed by atoms with E-state index in [0.717, 1.165) is 22.5 Å². The van der Waals surface area contributed by atoms with E-state index in [1.54, 1.807) is 7.11 Å². The molecule has 2 nitrogen and oxygen atoms in total. The van der Waals surface area contributed by atoms with E-state index in [4.69, 9.17) is 4.74 Å². The van der Waals surface area contributed by atoms with Gasteiger partial charge in [-0.25, -0.2) is 0 Å². The summed E-state index contributed by atoms with van der Waals surface area (Å²) in [6, 6.07) is 14.3. The number of methoxy groups -OCH3 is 1. The maximum atomic E-state index is 5.13. The van der Waals surface area contributed by atoms with E-state index < -0.39 is 0 Å². The molecule has 94 valence electrons. The molecule has 0 spiro atoms. The zero-order valence-electron chi connectivity index (χ0n) is 10.5. The van der Waals surface area contributed by atoms with E-state index >= 15 is 0 Å². The van der Waals surface area contributed by atoms with Gasteiger partial charge in [0, 0.05) is 16.7 Å². The normalized spacial score (nSPS) is 10.2. The maximum absolute atomic E-state index is 5.13. The third-order valence-electron chi connectivity index (χ3n) is 2.82. The number of benzene rings is 2. The van der Waals surface area contributed by atoms with E-state index in [1.165, 1.54) is 11.1 Å². The lowest BCUT2D eigenvalue weighted by atomic mass is 10.1. The largest absolute Gasteiger partial charge is 0.497 e. The molecule has 0 atom stereocenters. The molecule has 0 fully saturated rings. The molecule has 0 aliphatic rings. The van der Waals surface area contributed by atoms with Crippen molar-refractivity contribution < 1.29 is 4.74 Å². The van der Waals surface area contributed by atoms with Crippen LogP contribution in [0, 0.1) is 6.92 Å². The Morgan fingerprint density at radius 3 is 2.44 bits per heavy atom. The Morgan fingerprint density at radius 2 is 1.83 bits per heavy atom. The van der Waals surface area contributed by atoms with Crippen LogP contribution in [0.2, 0.25) is 0 Å². The lowest BCUT2D eigenvalue weighted by Gasteiger charge is -2.08. The van der Waals surface area contributed by atoms with E-state index in [2.05, 4.69) is 46.4 Å². The van der Waals surface area contributed by atoms with Crippen LogP contribution < -0.4 is 10.1 Å². The molecule has 1 N–H and O–H groups in total. The molecule has 0 unspecified atom stereocenters. The third kappa shape index (κ3) is 3.26. The number of hydrogen-bond donors (Lipinski definition) is 1. The zero-order valence-corrected chi connectivity index (χ0v) is 12.1. The second-order valence-electron chi connectivity index (χ2n) is 4.17. The lowest BCUT2D eigenvalue weighted by Crippen LogP contribution is -1.99. The Kier molecular flexibility index (Phi) is 4.26. The van der Waals surface area contributed by atoms with Gasteiger partial charge in [0.25, 0.3) is 0 Å². The topological polar surface area (TPSA) is 21.3 Å². The van der Waals surface area contributed by atoms with Gasteiger partial charge < -0.3 is 10.1 Å². The van der Waals surface area contributed by atoms with E-state index in [-0.39, 0.29) is 0 Å². The summed E-state index contributed by atoms with van der Waals surface area (Å²) in [7, 11) is 1.67. The quantitative estimate of drug-likeness (QED) is 0.905. The van der Waals surface area contributed by atoms with Crippen molar-refractivity contribution >= 4 is 21.6 Å². The fraction of sp³-hybridized carbons (Fsp3) is 0.200. The first-order valence-electron chi connectivity index (χ1n) is 5.82. The molecular weight excluding hydrogens is 290 g/mol. The number of hydrogen-bond acceptors (Lipinski definition) is 2. The minimum absolute atomic E-state index is 0.811. The Morgan fingerprint density at radius 1 is 1.11 bits per heavy atom. The summed E-state index contributed by atoms with van der Waals surface area (Å²) in [5, 5.41) is 3.38. The van der Waals surface area contributed by atoms with Gasteiger partial charge in [-0.3, -0.25) is 0 Å². The monoisotopic (exact) mass is 305 g/mol. The van der Waals surface area contributed by atoms with E-state index in [1.807, 2.05) is 24.3 Å². The smallest absolute Gasteiger partial charge is 0.119 e. The third-order valence-corrected chi connectivity index (χ3v) is 3.68. The Balaban J connectivity index is 1.99. The first-order valence-corrected chi connectivity index (χ1v) is 6.61. The van der Waals surface area contributed by atoms with Crippen LogP contribution in [0.15, 0.2) is 46.9 Å². The fourth-order valence-corrected chi connectivity index (χ4v) is 2.09. The second kappa shape index (κ2) is 5.91. The molecular formula is C15H16BrNO. The van der Waals surface area contributed by atoms with Crippen molar-refractivity contribution in [1.82, 2.24) is 0 Å². The molecule has 0 saturated carbocycles. The van der Waals surface area contributed by atoms with Crippen molar-refractivity contribution in [3.05, 3.63) is 58.1 Å². The highest BCUT2D eigenvalue weighted by atomic mass is 79.9. The molecule has 0 heterocycles. The Bertz CT molecular complexity index is 523. The molecule has 2 aromatic rings. The van der Waals surface area contributed by atoms with Gasteiger partial charge in [-0.15, -0.1) is 0 Å². The summed E-state index contributed by atoms with van der Waals surface area (Å²) in [6.45, 7) is 2.90. The molecule has 0 bridgehead atoms. The minimum Gasteiger partial charge on any atom is -0.497 e. The molecule has 2 rings (SSSR count). The molecule has 0 amide bonds. The molecule has 18 heavy (non-hydrogen) atoms. The number of nitrogens with one attached hydrogen (secondary N) is 1. The van der Waals surface area contributed by atoms with Crippen molar-refractivity contribution in [1.29, 1.82) is 0 Å². The highest BCUT2D eigenvalue weighted by molar-refractivity contribution is 9.10. The Hall–Kier alpha value is -1.48. The van der Waals surface area contributed by atoms with Gasteiger partial charge in [0.05, 0.1) is 7.11 Å². The molecule has 3 heteroatoms. The van der Waals surface area contributed by atoms with Gasteiger partial charge >= 0.3 is 0 Å². The first kappa shape index (κ1) is 13.0. The van der Waals surface area contributed by atoms with Crippen molar-refractivity contribution in [2.45, 2.75) is 13.5 Å². The van der Waals surface area contributed by atoms with Crippen LogP contribution in [-0.4, -0.2) is 7.11 Å². The summed E-state index contributed by atoms with van der Waals surface area (Å²) in [5.74, 6) is 0.874. The van der Waals surface area contributed by atoms with Crippen LogP contribution in [-0.2, 0) is 6.54 Å². The maximum Gasteiger partial charge on any atom is 0.119 e. The standard InChI is InChI=1S/C15H16BrNO/c1-11-3-4-12(9-15(11)16)10-17-13-5-7-14(18-2)8-6-13/h3-9,17H,10H2,1-2H3. The van der Waals surface area contributed by atoms with Crippen molar-refractivity contribution in [3.8, 4) is 5.75 Å². The van der Waals surface area contributed by atoms with Gasteiger partial charge in [-0.1, -0.05) is 28.1 Å². The number of halogens is 1. The van der Waals surface area contributed by atoms with Crippen LogP contribution in [0.25, 0.3) is 0 Å². The molecule has 0 aromatic heterocycles. The van der Waals surface area contributed by atoms with Crippen molar-refractivity contribution in [3.63, 3.8) is 0 Å². The summed E-state index contributed by atoms with van der Waals surface area (Å²) >= 11 is 3.55. The summed E-state index contributed by atoms with van der Waals surface area (Å²) < 4.78 is 6.28. The van der Waals surface area contributed by atoms with Gasteiger partial charge in [0.1, 0.15) is 5.75 Å². The van der Waals surface area contributed by atoms with Gasteiger partial charge in [-0.2, -0.15) is 0 Å². The SMILES string of the molecule is COc1ccc(NCc2ccc(C)c(Br)c2)cc1. The van der Waals surface area contributed by atoms with Gasteiger partial charge in [0.2, 0.25) is 0 Å². The summed E-state index contributed by atoms with van der Waals surface area (Å²) in [4.78, 5) is 0. The molecule has 0 radical (unpaired) electrons. The predicted octanol–water partition coefficient (Wildman–Crippen LogP) is 4.38. The van der Waals surface area contributed by atoms with Crippen LogP contribution in [0.1, 0.15) is 11.1 Å². The summed E-state index contributed by atoms with van der Waals surface area (Å²) in [5.41, 5.74) is 3.60. The van der Waals surface area contributed by atoms with Crippen molar-refractivity contribution in [2.24, 2.45) is 0 Å². The van der Waals surface area contributed by atoms with E-state index in [0.29, 0.717) is 0 Å². The lowest BCUT2D eigenvalue weighted by molar-refractivity contribution is 0.415. The predicted molar refractivity (Wildman–Crippen MR) is 79.2 cm³/mol. The number of rotatable bonds is 4. The molecule has 2 aromatic carbocycles. The van der Waals surface area contributed by atoms with Crippen LogP contribution >= 0.6 is 15.9 Å². The van der Waals surface area contributed by atoms with Crippen LogP contribution in [0.4, 0.5) is 5.69 Å². The zero-order chi connectivity index (χ0) is 13.0. The Labute approximate surface area is 116 Å². The van der Waals surface area contributed by atoms with Crippen LogP contribution in [0.3, 0.4) is 0 Å². The summed E-state index contributed by atoms with van der Waals surface area (Å²) in [6.07, 6.45) is 0. The average molecular weight is 306 g/mol. The van der Waals surface area contributed by atoms with E-state index in [9.17, 15) is 0 Å². The average Bonchev–Trinajstić information content (AvgIpc) is 2.41. The van der Waals surface area contributed by atoms with Crippen LogP contribution in [0.5, 0.6) is 5.75 Å². The highest BCUT2D eigenvalue weighted by Gasteiger charge is 1.98. The molecule has 0 aliphatic heterocycles. The molecule has 0 aliphatic carbocycles. The first-order chi connectivity index (χ1) is 8.69. The second-order valence-corrected chi connectivity index (χ2v) is 5.02. The van der Waals surface area contributed by atoms with Gasteiger partial charge in [-0.05, 0) is 48.4 Å². The van der Waals surface area contributed by atoms with Gasteiger partial charge in [0.15, 0.2) is 0 Å². The fourth-order valence-electron chi connectivity index (χ4n) is 1.66. The number of aryl methyl sites for hydroxylation is 1. The number of ether oxygens (including phenoxy) is 1. The highest BCUT2D eigenvalue weighted by Crippen LogP contribution is 2.19.